The van der Waals surface area contributed by atoms with Crippen molar-refractivity contribution in [2.45, 2.75) is 6.92 Å². The van der Waals surface area contributed by atoms with Crippen LogP contribution < -0.4 is 5.32 Å². The van der Waals surface area contributed by atoms with E-state index in [9.17, 15) is 0 Å². The number of nitrogens with zero attached hydrogens (tertiary/aromatic N) is 4. The molecule has 0 saturated heterocycles. The third-order valence-electron chi connectivity index (χ3n) is 4.43. The Hall–Kier alpha value is -3.86. The summed E-state index contributed by atoms with van der Waals surface area (Å²) >= 11 is 0. The Morgan fingerprint density at radius 2 is 1.10 bits per heavy atom. The van der Waals surface area contributed by atoms with E-state index in [1.807, 2.05) is 78.9 Å². The van der Waals surface area contributed by atoms with Crippen LogP contribution in [0.2, 0.25) is 0 Å². The monoisotopic (exact) mass is 379 g/mol. The summed E-state index contributed by atoms with van der Waals surface area (Å²) in [6, 6.07) is 29.5. The van der Waals surface area contributed by atoms with E-state index in [1.54, 1.807) is 0 Å². The van der Waals surface area contributed by atoms with Crippen LogP contribution in [0.15, 0.2) is 111 Å². The lowest BCUT2D eigenvalue weighted by Gasteiger charge is -2.09. The van der Waals surface area contributed by atoms with Crippen LogP contribution in [-0.4, -0.2) is 6.54 Å². The predicted octanol–water partition coefficient (Wildman–Crippen LogP) is 8.10. The zero-order valence-corrected chi connectivity index (χ0v) is 16.2. The molecule has 0 aliphatic rings. The van der Waals surface area contributed by atoms with Crippen LogP contribution in [0.3, 0.4) is 0 Å². The van der Waals surface area contributed by atoms with Gasteiger partial charge in [-0.05, 0) is 55.5 Å². The molecule has 0 amide bonds. The topological polar surface area (TPSA) is 61.5 Å². The number of azo groups is 2. The molecule has 0 aromatic heterocycles. The Bertz CT molecular complexity index is 1150. The molecular weight excluding hydrogens is 358 g/mol. The highest BCUT2D eigenvalue weighted by Crippen LogP contribution is 2.33. The SMILES string of the molecule is CCNc1ccc(/N=N/c2ccc(/N=N/c3ccccc3)cc2)c2ccccc12. The van der Waals surface area contributed by atoms with Gasteiger partial charge in [-0.2, -0.15) is 15.3 Å². The second kappa shape index (κ2) is 8.89. The van der Waals surface area contributed by atoms with E-state index in [0.29, 0.717) is 0 Å². The maximum Gasteiger partial charge on any atom is 0.0936 e. The molecular formula is C24H21N5. The maximum atomic E-state index is 4.47. The highest BCUT2D eigenvalue weighted by atomic mass is 15.1. The summed E-state index contributed by atoms with van der Waals surface area (Å²) in [5.74, 6) is 0. The van der Waals surface area contributed by atoms with Crippen molar-refractivity contribution in [3.8, 4) is 0 Å². The van der Waals surface area contributed by atoms with Crippen LogP contribution in [0.4, 0.5) is 28.4 Å². The van der Waals surface area contributed by atoms with Gasteiger partial charge in [0.15, 0.2) is 0 Å². The first-order valence-corrected chi connectivity index (χ1v) is 9.58. The van der Waals surface area contributed by atoms with Gasteiger partial charge in [-0.3, -0.25) is 0 Å². The lowest BCUT2D eigenvalue weighted by Crippen LogP contribution is -1.96. The number of anilines is 1. The van der Waals surface area contributed by atoms with Crippen molar-refractivity contribution in [2.75, 3.05) is 11.9 Å². The number of benzene rings is 4. The van der Waals surface area contributed by atoms with Gasteiger partial charge < -0.3 is 5.32 Å². The van der Waals surface area contributed by atoms with E-state index < -0.39 is 0 Å². The van der Waals surface area contributed by atoms with Gasteiger partial charge in [0.2, 0.25) is 0 Å². The van der Waals surface area contributed by atoms with Crippen LogP contribution in [0.5, 0.6) is 0 Å². The minimum absolute atomic E-state index is 0.767. The van der Waals surface area contributed by atoms with E-state index >= 15 is 0 Å². The van der Waals surface area contributed by atoms with Gasteiger partial charge in [-0.1, -0.05) is 42.5 Å². The molecule has 1 N–H and O–H groups in total. The molecule has 5 heteroatoms. The minimum atomic E-state index is 0.767. The highest BCUT2D eigenvalue weighted by molar-refractivity contribution is 6.00. The van der Waals surface area contributed by atoms with Gasteiger partial charge >= 0.3 is 0 Å². The van der Waals surface area contributed by atoms with Gasteiger partial charge in [0, 0.05) is 23.0 Å². The van der Waals surface area contributed by atoms with E-state index in [4.69, 9.17) is 0 Å². The van der Waals surface area contributed by atoms with Crippen molar-refractivity contribution < 1.29 is 0 Å². The molecule has 0 spiro atoms. The number of fused-ring (bicyclic) bond motifs is 1. The third kappa shape index (κ3) is 4.52. The average molecular weight is 379 g/mol. The third-order valence-corrected chi connectivity index (χ3v) is 4.43. The summed E-state index contributed by atoms with van der Waals surface area (Å²) in [5.41, 5.74) is 4.31. The van der Waals surface area contributed by atoms with Crippen LogP contribution >= 0.6 is 0 Å². The largest absolute Gasteiger partial charge is 0.385 e. The molecule has 0 atom stereocenters. The van der Waals surface area contributed by atoms with Crippen molar-refractivity contribution in [1.82, 2.24) is 0 Å². The fourth-order valence-corrected chi connectivity index (χ4v) is 3.02. The molecule has 29 heavy (non-hydrogen) atoms. The number of hydrogen-bond acceptors (Lipinski definition) is 5. The molecule has 0 unspecified atom stereocenters. The smallest absolute Gasteiger partial charge is 0.0936 e. The molecule has 0 radical (unpaired) electrons. The summed E-state index contributed by atoms with van der Waals surface area (Å²) in [5, 5.41) is 22.9. The first kappa shape index (κ1) is 18.5. The van der Waals surface area contributed by atoms with Crippen LogP contribution in [0.25, 0.3) is 10.8 Å². The first-order chi connectivity index (χ1) is 14.3. The molecule has 4 aromatic rings. The Morgan fingerprint density at radius 3 is 1.76 bits per heavy atom. The molecule has 4 aromatic carbocycles. The highest BCUT2D eigenvalue weighted by Gasteiger charge is 2.04. The van der Waals surface area contributed by atoms with E-state index in [-0.39, 0.29) is 0 Å². The minimum Gasteiger partial charge on any atom is -0.385 e. The number of rotatable bonds is 6. The predicted molar refractivity (Wildman–Crippen MR) is 119 cm³/mol. The quantitative estimate of drug-likeness (QED) is 0.338. The zero-order chi connectivity index (χ0) is 19.9. The molecule has 0 heterocycles. The summed E-state index contributed by atoms with van der Waals surface area (Å²) in [7, 11) is 0. The molecule has 0 fully saturated rings. The van der Waals surface area contributed by atoms with Gasteiger partial charge in [-0.15, -0.1) is 5.11 Å². The van der Waals surface area contributed by atoms with Gasteiger partial charge in [0.05, 0.1) is 22.7 Å². The molecule has 0 aliphatic heterocycles. The fraction of sp³-hybridized carbons (Fsp3) is 0.0833. The fourth-order valence-electron chi connectivity index (χ4n) is 3.02. The Labute approximate surface area is 169 Å². The van der Waals surface area contributed by atoms with Gasteiger partial charge in [0.25, 0.3) is 0 Å². The molecule has 5 nitrogen and oxygen atoms in total. The van der Waals surface area contributed by atoms with Crippen LogP contribution in [-0.2, 0) is 0 Å². The molecule has 0 bridgehead atoms. The molecule has 142 valence electrons. The van der Waals surface area contributed by atoms with Crippen molar-refractivity contribution in [3.63, 3.8) is 0 Å². The standard InChI is InChI=1S/C24H21N5/c1-2-25-23-16-17-24(22-11-7-6-10-21(22)23)29-28-20-14-12-19(13-15-20)27-26-18-8-4-3-5-9-18/h3-17,25H,2H2,1H3/b27-26+,29-28+. The Kier molecular flexibility index (Phi) is 5.67. The average Bonchev–Trinajstić information content (AvgIpc) is 2.79. The van der Waals surface area contributed by atoms with E-state index in [2.05, 4.69) is 44.8 Å². The van der Waals surface area contributed by atoms with Crippen LogP contribution in [0, 0.1) is 0 Å². The first-order valence-electron chi connectivity index (χ1n) is 9.58. The van der Waals surface area contributed by atoms with Crippen molar-refractivity contribution in [3.05, 3.63) is 91.0 Å². The summed E-state index contributed by atoms with van der Waals surface area (Å²) < 4.78 is 0. The van der Waals surface area contributed by atoms with Crippen molar-refractivity contribution in [1.29, 1.82) is 0 Å². The normalized spacial score (nSPS) is 11.5. The van der Waals surface area contributed by atoms with Crippen molar-refractivity contribution in [2.24, 2.45) is 20.5 Å². The van der Waals surface area contributed by atoms with Gasteiger partial charge in [0.1, 0.15) is 0 Å². The molecule has 4 rings (SSSR count). The maximum absolute atomic E-state index is 4.47. The Balaban J connectivity index is 1.54. The Morgan fingerprint density at radius 1 is 0.552 bits per heavy atom. The number of nitrogens with one attached hydrogen (secondary N) is 1. The lowest BCUT2D eigenvalue weighted by atomic mass is 10.1. The molecule has 0 saturated carbocycles. The molecule has 0 aliphatic carbocycles. The van der Waals surface area contributed by atoms with E-state index in [1.165, 1.54) is 0 Å². The summed E-state index contributed by atoms with van der Waals surface area (Å²) in [6.45, 7) is 2.96. The second-order valence-corrected chi connectivity index (χ2v) is 6.46. The van der Waals surface area contributed by atoms with Crippen LogP contribution in [0.1, 0.15) is 6.92 Å². The zero-order valence-electron chi connectivity index (χ0n) is 16.2. The van der Waals surface area contributed by atoms with E-state index in [0.717, 1.165) is 45.8 Å². The number of hydrogen-bond donors (Lipinski definition) is 1. The lowest BCUT2D eigenvalue weighted by molar-refractivity contribution is 1.21. The second-order valence-electron chi connectivity index (χ2n) is 6.46. The van der Waals surface area contributed by atoms with Gasteiger partial charge in [-0.25, -0.2) is 0 Å². The van der Waals surface area contributed by atoms with Crippen molar-refractivity contribution >= 4 is 39.2 Å². The summed E-state index contributed by atoms with van der Waals surface area (Å²) in [4.78, 5) is 0. The summed E-state index contributed by atoms with van der Waals surface area (Å²) in [6.07, 6.45) is 0.